The number of aromatic amines is 1. The molecule has 2 aliphatic rings. The van der Waals surface area contributed by atoms with Crippen molar-refractivity contribution < 1.29 is 0 Å². The van der Waals surface area contributed by atoms with Crippen molar-refractivity contribution in [3.05, 3.63) is 17.0 Å². The standard InChI is InChI=1S/C11H16N2/c1-2-6-9-11-8(4-1)5-3-7-10(11)13-12-9/h8H,1-7H2,(H,12,13). The van der Waals surface area contributed by atoms with Crippen molar-refractivity contribution in [1.82, 2.24) is 10.2 Å². The van der Waals surface area contributed by atoms with Crippen LogP contribution in [0.2, 0.25) is 0 Å². The average molecular weight is 176 g/mol. The van der Waals surface area contributed by atoms with E-state index in [0.29, 0.717) is 0 Å². The topological polar surface area (TPSA) is 28.7 Å². The van der Waals surface area contributed by atoms with Crippen LogP contribution in [-0.2, 0) is 12.8 Å². The predicted molar refractivity (Wildman–Crippen MR) is 51.8 cm³/mol. The van der Waals surface area contributed by atoms with Gasteiger partial charge in [0.2, 0.25) is 0 Å². The zero-order chi connectivity index (χ0) is 8.67. The highest BCUT2D eigenvalue weighted by Gasteiger charge is 2.27. The minimum Gasteiger partial charge on any atom is -0.282 e. The third-order valence-electron chi connectivity index (χ3n) is 3.57. The van der Waals surface area contributed by atoms with Crippen LogP contribution < -0.4 is 0 Å². The molecule has 2 nitrogen and oxygen atoms in total. The van der Waals surface area contributed by atoms with Gasteiger partial charge in [-0.05, 0) is 50.0 Å². The second-order valence-corrected chi connectivity index (χ2v) is 4.40. The molecule has 2 aliphatic carbocycles. The fraction of sp³-hybridized carbons (Fsp3) is 0.727. The quantitative estimate of drug-likeness (QED) is 0.646. The van der Waals surface area contributed by atoms with Crippen molar-refractivity contribution in [2.45, 2.75) is 50.9 Å². The fourth-order valence-electron chi connectivity index (χ4n) is 2.93. The molecule has 0 aromatic carbocycles. The molecule has 2 heteroatoms. The van der Waals surface area contributed by atoms with Crippen molar-refractivity contribution in [1.29, 1.82) is 0 Å². The van der Waals surface area contributed by atoms with Gasteiger partial charge in [0.25, 0.3) is 0 Å². The van der Waals surface area contributed by atoms with Crippen LogP contribution in [0, 0.1) is 0 Å². The molecule has 0 radical (unpaired) electrons. The van der Waals surface area contributed by atoms with E-state index in [4.69, 9.17) is 0 Å². The molecule has 1 heterocycles. The van der Waals surface area contributed by atoms with E-state index in [1.807, 2.05) is 0 Å². The summed E-state index contributed by atoms with van der Waals surface area (Å²) in [5, 5.41) is 7.68. The lowest BCUT2D eigenvalue weighted by Crippen LogP contribution is -2.08. The van der Waals surface area contributed by atoms with Crippen LogP contribution in [0.1, 0.15) is 55.0 Å². The van der Waals surface area contributed by atoms with Gasteiger partial charge in [0.1, 0.15) is 0 Å². The zero-order valence-electron chi connectivity index (χ0n) is 7.97. The molecule has 1 unspecified atom stereocenters. The Bertz CT molecular complexity index is 314. The summed E-state index contributed by atoms with van der Waals surface area (Å²) in [6.07, 6.45) is 9.35. The minimum absolute atomic E-state index is 0.847. The van der Waals surface area contributed by atoms with Gasteiger partial charge in [-0.3, -0.25) is 5.10 Å². The number of nitrogens with zero attached hydrogens (tertiary/aromatic N) is 1. The van der Waals surface area contributed by atoms with E-state index in [0.717, 1.165) is 5.92 Å². The number of aromatic nitrogens is 2. The number of H-pyrrole nitrogens is 1. The van der Waals surface area contributed by atoms with E-state index < -0.39 is 0 Å². The molecule has 70 valence electrons. The average Bonchev–Trinajstić information content (AvgIpc) is 2.44. The Labute approximate surface area is 78.7 Å². The smallest absolute Gasteiger partial charge is 0.0659 e. The summed E-state index contributed by atoms with van der Waals surface area (Å²) in [6, 6.07) is 0. The Morgan fingerprint density at radius 1 is 1.08 bits per heavy atom. The summed E-state index contributed by atoms with van der Waals surface area (Å²) in [5.74, 6) is 0.847. The third-order valence-corrected chi connectivity index (χ3v) is 3.57. The number of nitrogens with one attached hydrogen (secondary N) is 1. The molecule has 1 aromatic heterocycles. The molecule has 1 N–H and O–H groups in total. The summed E-state index contributed by atoms with van der Waals surface area (Å²) in [7, 11) is 0. The lowest BCUT2D eigenvalue weighted by Gasteiger charge is -2.21. The summed E-state index contributed by atoms with van der Waals surface area (Å²) in [6.45, 7) is 0. The van der Waals surface area contributed by atoms with E-state index in [2.05, 4.69) is 10.2 Å². The molecule has 13 heavy (non-hydrogen) atoms. The number of hydrogen-bond donors (Lipinski definition) is 1. The maximum atomic E-state index is 4.45. The predicted octanol–water partition coefficient (Wildman–Crippen LogP) is 2.56. The van der Waals surface area contributed by atoms with Crippen LogP contribution in [0.4, 0.5) is 0 Å². The highest BCUT2D eigenvalue weighted by atomic mass is 15.1. The van der Waals surface area contributed by atoms with Crippen LogP contribution in [0.5, 0.6) is 0 Å². The van der Waals surface area contributed by atoms with Crippen LogP contribution in [-0.4, -0.2) is 10.2 Å². The maximum Gasteiger partial charge on any atom is 0.0659 e. The van der Waals surface area contributed by atoms with Gasteiger partial charge in [0.15, 0.2) is 0 Å². The van der Waals surface area contributed by atoms with E-state index in [1.54, 1.807) is 5.56 Å². The first-order valence-electron chi connectivity index (χ1n) is 5.51. The Hall–Kier alpha value is -0.790. The molecule has 0 fully saturated rings. The molecule has 0 saturated carbocycles. The Morgan fingerprint density at radius 2 is 2.00 bits per heavy atom. The first-order valence-corrected chi connectivity index (χ1v) is 5.51. The van der Waals surface area contributed by atoms with E-state index in [9.17, 15) is 0 Å². The molecule has 0 spiro atoms. The molecule has 1 atom stereocenters. The summed E-state index contributed by atoms with van der Waals surface area (Å²) >= 11 is 0. The van der Waals surface area contributed by atoms with Gasteiger partial charge >= 0.3 is 0 Å². The van der Waals surface area contributed by atoms with E-state index in [-0.39, 0.29) is 0 Å². The molecule has 3 rings (SSSR count). The molecule has 0 aliphatic heterocycles. The normalized spacial score (nSPS) is 26.6. The van der Waals surface area contributed by atoms with Crippen molar-refractivity contribution in [3.63, 3.8) is 0 Å². The molecule has 0 bridgehead atoms. The van der Waals surface area contributed by atoms with Crippen molar-refractivity contribution in [3.8, 4) is 0 Å². The third kappa shape index (κ3) is 1.11. The van der Waals surface area contributed by atoms with Gasteiger partial charge < -0.3 is 0 Å². The number of aryl methyl sites for hydroxylation is 2. The first kappa shape index (κ1) is 7.60. The van der Waals surface area contributed by atoms with Gasteiger partial charge in [0.05, 0.1) is 5.69 Å². The molecule has 0 saturated heterocycles. The van der Waals surface area contributed by atoms with Crippen LogP contribution >= 0.6 is 0 Å². The van der Waals surface area contributed by atoms with Gasteiger partial charge in [-0.1, -0.05) is 6.42 Å². The Kier molecular flexibility index (Phi) is 1.67. The van der Waals surface area contributed by atoms with Crippen LogP contribution in [0.3, 0.4) is 0 Å². The lowest BCUT2D eigenvalue weighted by molar-refractivity contribution is 0.507. The SMILES string of the molecule is C1CCC2CCCc3[nH]nc(c32)C1. The highest BCUT2D eigenvalue weighted by molar-refractivity contribution is 5.32. The molecular weight excluding hydrogens is 160 g/mol. The zero-order valence-corrected chi connectivity index (χ0v) is 7.97. The highest BCUT2D eigenvalue weighted by Crippen LogP contribution is 2.38. The number of rotatable bonds is 0. The van der Waals surface area contributed by atoms with Crippen molar-refractivity contribution in [2.75, 3.05) is 0 Å². The van der Waals surface area contributed by atoms with E-state index in [1.165, 1.54) is 56.3 Å². The summed E-state index contributed by atoms with van der Waals surface area (Å²) in [5.41, 5.74) is 4.45. The minimum atomic E-state index is 0.847. The van der Waals surface area contributed by atoms with Gasteiger partial charge in [-0.25, -0.2) is 0 Å². The molecule has 0 amide bonds. The molecule has 1 aromatic rings. The largest absolute Gasteiger partial charge is 0.282 e. The van der Waals surface area contributed by atoms with Gasteiger partial charge in [0, 0.05) is 5.69 Å². The van der Waals surface area contributed by atoms with Crippen molar-refractivity contribution >= 4 is 0 Å². The lowest BCUT2D eigenvalue weighted by atomic mass is 9.84. The summed E-state index contributed by atoms with van der Waals surface area (Å²) in [4.78, 5) is 0. The van der Waals surface area contributed by atoms with Crippen LogP contribution in [0.25, 0.3) is 0 Å². The molecular formula is C11H16N2. The Balaban J connectivity index is 2.10. The fourth-order valence-corrected chi connectivity index (χ4v) is 2.93. The van der Waals surface area contributed by atoms with Crippen molar-refractivity contribution in [2.24, 2.45) is 0 Å². The second kappa shape index (κ2) is 2.86. The monoisotopic (exact) mass is 176 g/mol. The number of hydrogen-bond acceptors (Lipinski definition) is 1. The summed E-state index contributed by atoms with van der Waals surface area (Å²) < 4.78 is 0. The Morgan fingerprint density at radius 3 is 3.00 bits per heavy atom. The van der Waals surface area contributed by atoms with Gasteiger partial charge in [-0.2, -0.15) is 5.10 Å². The maximum absolute atomic E-state index is 4.45. The van der Waals surface area contributed by atoms with Gasteiger partial charge in [-0.15, -0.1) is 0 Å². The van der Waals surface area contributed by atoms with E-state index >= 15 is 0 Å². The second-order valence-electron chi connectivity index (χ2n) is 4.40. The van der Waals surface area contributed by atoms with Crippen LogP contribution in [0.15, 0.2) is 0 Å². The first-order chi connectivity index (χ1) is 6.45.